The summed E-state index contributed by atoms with van der Waals surface area (Å²) in [5.74, 6) is -1.79. The fourth-order valence-electron chi connectivity index (χ4n) is 1.14. The number of nitrogens with two attached hydrogens (primary N) is 1. The molecule has 1 rings (SSSR count). The minimum atomic E-state index is -3.73. The van der Waals surface area contributed by atoms with Crippen LogP contribution in [0.15, 0.2) is 18.2 Å². The largest absolute Gasteiger partial charge is 0.469 e. The zero-order valence-corrected chi connectivity index (χ0v) is 10.5. The normalized spacial score (nSPS) is 11.0. The maximum absolute atomic E-state index is 13.1. The van der Waals surface area contributed by atoms with Gasteiger partial charge in [-0.25, -0.2) is 12.8 Å². The number of benzene rings is 1. The van der Waals surface area contributed by atoms with Crippen LogP contribution in [0.1, 0.15) is 6.42 Å². The highest BCUT2D eigenvalue weighted by Gasteiger charge is 2.14. The van der Waals surface area contributed by atoms with E-state index >= 15 is 0 Å². The molecule has 0 radical (unpaired) electrons. The molecule has 0 saturated heterocycles. The van der Waals surface area contributed by atoms with Crippen LogP contribution >= 0.6 is 0 Å². The minimum absolute atomic E-state index is 0.0477. The Kier molecular flexibility index (Phi) is 4.49. The Hall–Kier alpha value is -1.83. The van der Waals surface area contributed by atoms with Crippen LogP contribution in [0.4, 0.5) is 15.8 Å². The van der Waals surface area contributed by atoms with E-state index in [4.69, 9.17) is 5.73 Å². The predicted octanol–water partition coefficient (Wildman–Crippen LogP) is 0.713. The smallest absolute Gasteiger partial charge is 0.306 e. The molecule has 100 valence electrons. The van der Waals surface area contributed by atoms with Crippen LogP contribution in [0.3, 0.4) is 0 Å². The van der Waals surface area contributed by atoms with Crippen molar-refractivity contribution in [3.63, 3.8) is 0 Å². The van der Waals surface area contributed by atoms with E-state index < -0.39 is 27.6 Å². The van der Waals surface area contributed by atoms with E-state index in [2.05, 4.69) is 9.46 Å². The first-order chi connectivity index (χ1) is 8.34. The topological polar surface area (TPSA) is 98.5 Å². The van der Waals surface area contributed by atoms with Gasteiger partial charge in [0.15, 0.2) is 0 Å². The average molecular weight is 276 g/mol. The highest BCUT2D eigenvalue weighted by atomic mass is 32.2. The Labute approximate surface area is 104 Å². The molecule has 1 aromatic carbocycles. The molecule has 0 bridgehead atoms. The summed E-state index contributed by atoms with van der Waals surface area (Å²) in [6.45, 7) is 0. The van der Waals surface area contributed by atoms with E-state index in [0.29, 0.717) is 0 Å². The van der Waals surface area contributed by atoms with Crippen molar-refractivity contribution in [3.05, 3.63) is 24.0 Å². The van der Waals surface area contributed by atoms with Crippen LogP contribution in [0, 0.1) is 5.82 Å². The van der Waals surface area contributed by atoms with Crippen molar-refractivity contribution in [2.45, 2.75) is 6.42 Å². The number of sulfonamides is 1. The van der Waals surface area contributed by atoms with Gasteiger partial charge in [0.2, 0.25) is 10.0 Å². The molecule has 0 saturated carbocycles. The van der Waals surface area contributed by atoms with E-state index in [-0.39, 0.29) is 17.8 Å². The molecule has 3 N–H and O–H groups in total. The third-order valence-corrected chi connectivity index (χ3v) is 3.36. The number of methoxy groups -OCH3 is 1. The molecule has 0 aliphatic rings. The zero-order valence-electron chi connectivity index (χ0n) is 9.64. The third kappa shape index (κ3) is 4.21. The molecular formula is C10H13FN2O4S. The van der Waals surface area contributed by atoms with Crippen molar-refractivity contribution < 1.29 is 22.3 Å². The van der Waals surface area contributed by atoms with Crippen molar-refractivity contribution in [1.82, 2.24) is 0 Å². The summed E-state index contributed by atoms with van der Waals surface area (Å²) in [5, 5.41) is 0. The van der Waals surface area contributed by atoms with Crippen LogP contribution < -0.4 is 10.5 Å². The standard InChI is InChI=1S/C10H13FN2O4S/c1-17-10(14)4-5-18(15,16)13-7-2-3-9(12)8(11)6-7/h2-3,6,13H,4-5,12H2,1H3. The van der Waals surface area contributed by atoms with Gasteiger partial charge in [0.25, 0.3) is 0 Å². The number of rotatable bonds is 5. The highest BCUT2D eigenvalue weighted by Crippen LogP contribution is 2.17. The van der Waals surface area contributed by atoms with Crippen LogP contribution in [0.2, 0.25) is 0 Å². The molecule has 0 aliphatic heterocycles. The van der Waals surface area contributed by atoms with Crippen LogP contribution in [-0.4, -0.2) is 27.2 Å². The van der Waals surface area contributed by atoms with E-state index in [1.54, 1.807) is 0 Å². The first-order valence-electron chi connectivity index (χ1n) is 4.96. The number of ether oxygens (including phenoxy) is 1. The lowest BCUT2D eigenvalue weighted by atomic mass is 10.3. The summed E-state index contributed by atoms with van der Waals surface area (Å²) >= 11 is 0. The lowest BCUT2D eigenvalue weighted by Gasteiger charge is -2.08. The number of nitrogen functional groups attached to an aromatic ring is 1. The van der Waals surface area contributed by atoms with Crippen molar-refractivity contribution in [1.29, 1.82) is 0 Å². The molecule has 6 nitrogen and oxygen atoms in total. The van der Waals surface area contributed by atoms with E-state index in [1.807, 2.05) is 0 Å². The molecule has 8 heteroatoms. The molecule has 1 aromatic rings. The Morgan fingerprint density at radius 1 is 1.50 bits per heavy atom. The van der Waals surface area contributed by atoms with Gasteiger partial charge in [-0.1, -0.05) is 0 Å². The van der Waals surface area contributed by atoms with Gasteiger partial charge in [0.1, 0.15) is 5.82 Å². The van der Waals surface area contributed by atoms with Gasteiger partial charge in [-0.3, -0.25) is 9.52 Å². The fourth-order valence-corrected chi connectivity index (χ4v) is 2.16. The second kappa shape index (κ2) is 5.67. The number of nitrogens with one attached hydrogen (secondary N) is 1. The summed E-state index contributed by atoms with van der Waals surface area (Å²) in [7, 11) is -2.56. The summed E-state index contributed by atoms with van der Waals surface area (Å²) in [6, 6.07) is 3.53. The number of hydrogen-bond acceptors (Lipinski definition) is 5. The quantitative estimate of drug-likeness (QED) is 0.609. The molecule has 0 unspecified atom stereocenters. The number of hydrogen-bond donors (Lipinski definition) is 2. The average Bonchev–Trinajstić information content (AvgIpc) is 2.30. The monoisotopic (exact) mass is 276 g/mol. The van der Waals surface area contributed by atoms with Gasteiger partial charge in [-0.2, -0.15) is 0 Å². The zero-order chi connectivity index (χ0) is 13.8. The lowest BCUT2D eigenvalue weighted by molar-refractivity contribution is -0.140. The minimum Gasteiger partial charge on any atom is -0.469 e. The maximum Gasteiger partial charge on any atom is 0.306 e. The SMILES string of the molecule is COC(=O)CCS(=O)(=O)Nc1ccc(N)c(F)c1. The van der Waals surface area contributed by atoms with E-state index in [0.717, 1.165) is 13.2 Å². The van der Waals surface area contributed by atoms with E-state index in [9.17, 15) is 17.6 Å². The predicted molar refractivity (Wildman–Crippen MR) is 64.9 cm³/mol. The van der Waals surface area contributed by atoms with Gasteiger partial charge in [-0.05, 0) is 12.1 Å². The van der Waals surface area contributed by atoms with Crippen LogP contribution in [0.5, 0.6) is 0 Å². The lowest BCUT2D eigenvalue weighted by Crippen LogP contribution is -2.19. The Balaban J connectivity index is 2.70. The number of carbonyl (C=O) groups excluding carboxylic acids is 1. The van der Waals surface area contributed by atoms with E-state index in [1.165, 1.54) is 12.1 Å². The number of halogens is 1. The number of anilines is 2. The Morgan fingerprint density at radius 2 is 2.17 bits per heavy atom. The van der Waals surface area contributed by atoms with Gasteiger partial charge in [-0.15, -0.1) is 0 Å². The second-order valence-electron chi connectivity index (χ2n) is 3.48. The molecule has 0 aliphatic carbocycles. The van der Waals surface area contributed by atoms with Gasteiger partial charge in [0.05, 0.1) is 30.7 Å². The summed E-state index contributed by atoms with van der Waals surface area (Å²) in [5.41, 5.74) is 5.23. The molecule has 0 atom stereocenters. The third-order valence-electron chi connectivity index (χ3n) is 2.08. The summed E-state index contributed by atoms with van der Waals surface area (Å²) < 4.78 is 42.6. The van der Waals surface area contributed by atoms with Gasteiger partial charge >= 0.3 is 5.97 Å². The first kappa shape index (κ1) is 14.2. The Bertz CT molecular complexity index is 545. The summed E-state index contributed by atoms with van der Waals surface area (Å²) in [6.07, 6.45) is -0.275. The fraction of sp³-hybridized carbons (Fsp3) is 0.300. The number of esters is 1. The maximum atomic E-state index is 13.1. The van der Waals surface area contributed by atoms with Crippen molar-refractivity contribution in [3.8, 4) is 0 Å². The van der Waals surface area contributed by atoms with Gasteiger partial charge in [0, 0.05) is 6.07 Å². The Morgan fingerprint density at radius 3 is 2.72 bits per heavy atom. The molecule has 0 spiro atoms. The molecule has 0 heterocycles. The van der Waals surface area contributed by atoms with Crippen molar-refractivity contribution >= 4 is 27.4 Å². The summed E-state index contributed by atoms with van der Waals surface area (Å²) in [4.78, 5) is 10.8. The van der Waals surface area contributed by atoms with Crippen molar-refractivity contribution in [2.75, 3.05) is 23.3 Å². The second-order valence-corrected chi connectivity index (χ2v) is 5.33. The molecule has 0 amide bonds. The highest BCUT2D eigenvalue weighted by molar-refractivity contribution is 7.92. The molecule has 0 aromatic heterocycles. The molecule has 0 fully saturated rings. The first-order valence-corrected chi connectivity index (χ1v) is 6.61. The van der Waals surface area contributed by atoms with Gasteiger partial charge < -0.3 is 10.5 Å². The number of carbonyl (C=O) groups is 1. The molecule has 18 heavy (non-hydrogen) atoms. The van der Waals surface area contributed by atoms with Crippen LogP contribution in [-0.2, 0) is 19.6 Å². The van der Waals surface area contributed by atoms with Crippen LogP contribution in [0.25, 0.3) is 0 Å². The van der Waals surface area contributed by atoms with Crippen molar-refractivity contribution in [2.24, 2.45) is 0 Å². The molecular weight excluding hydrogens is 263 g/mol.